The van der Waals surface area contributed by atoms with Gasteiger partial charge in [-0.25, -0.2) is 0 Å². The number of pyridine rings is 1. The van der Waals surface area contributed by atoms with E-state index in [9.17, 15) is 4.79 Å². The molecule has 1 saturated heterocycles. The lowest BCUT2D eigenvalue weighted by Gasteiger charge is -2.22. The van der Waals surface area contributed by atoms with E-state index in [-0.39, 0.29) is 11.9 Å². The molecular weight excluding hydrogens is 384 g/mol. The van der Waals surface area contributed by atoms with Crippen LogP contribution in [-0.2, 0) is 11.3 Å². The topological polar surface area (TPSA) is 72.1 Å². The van der Waals surface area contributed by atoms with Gasteiger partial charge < -0.3 is 9.42 Å². The fourth-order valence-corrected chi connectivity index (χ4v) is 3.44. The van der Waals surface area contributed by atoms with Gasteiger partial charge in [-0.3, -0.25) is 9.78 Å². The summed E-state index contributed by atoms with van der Waals surface area (Å²) >= 11 is 3.46. The number of carbonyl (C=O) groups excluding carboxylic acids is 1. The van der Waals surface area contributed by atoms with Crippen molar-refractivity contribution in [2.75, 3.05) is 0 Å². The van der Waals surface area contributed by atoms with Gasteiger partial charge in [-0.15, -0.1) is 0 Å². The monoisotopic (exact) mass is 398 g/mol. The van der Waals surface area contributed by atoms with E-state index in [1.807, 2.05) is 42.5 Å². The van der Waals surface area contributed by atoms with E-state index in [4.69, 9.17) is 4.52 Å². The van der Waals surface area contributed by atoms with Crippen molar-refractivity contribution in [2.24, 2.45) is 0 Å². The predicted octanol–water partition coefficient (Wildman–Crippen LogP) is 3.76. The molecule has 3 heterocycles. The minimum absolute atomic E-state index is 0.0996. The lowest BCUT2D eigenvalue weighted by molar-refractivity contribution is -0.129. The van der Waals surface area contributed by atoms with Gasteiger partial charge in [0, 0.05) is 23.6 Å². The lowest BCUT2D eigenvalue weighted by Crippen LogP contribution is -2.27. The van der Waals surface area contributed by atoms with Gasteiger partial charge in [-0.05, 0) is 36.2 Å². The fraction of sp³-hybridized carbons (Fsp3) is 0.222. The third-order valence-corrected chi connectivity index (χ3v) is 4.68. The van der Waals surface area contributed by atoms with E-state index >= 15 is 0 Å². The van der Waals surface area contributed by atoms with Crippen LogP contribution in [-0.4, -0.2) is 25.9 Å². The fourth-order valence-electron chi connectivity index (χ4n) is 2.99. The second kappa shape index (κ2) is 6.76. The molecule has 1 amide bonds. The molecule has 2 aromatic heterocycles. The van der Waals surface area contributed by atoms with Crippen LogP contribution in [0.2, 0.25) is 0 Å². The molecule has 0 spiro atoms. The SMILES string of the molecule is O=C1CCC(c2nc(-c3ccccn3)no2)N1Cc1cccc(Br)c1. The van der Waals surface area contributed by atoms with Crippen molar-refractivity contribution < 1.29 is 9.32 Å². The molecule has 0 N–H and O–H groups in total. The van der Waals surface area contributed by atoms with Crippen LogP contribution in [0.15, 0.2) is 57.7 Å². The zero-order valence-corrected chi connectivity index (χ0v) is 14.9. The molecule has 0 radical (unpaired) electrons. The molecule has 1 fully saturated rings. The van der Waals surface area contributed by atoms with Crippen molar-refractivity contribution in [3.05, 3.63) is 64.6 Å². The van der Waals surface area contributed by atoms with Gasteiger partial charge in [0.25, 0.3) is 0 Å². The highest BCUT2D eigenvalue weighted by Gasteiger charge is 2.36. The Bertz CT molecular complexity index is 897. The van der Waals surface area contributed by atoms with E-state index in [2.05, 4.69) is 31.1 Å². The summed E-state index contributed by atoms with van der Waals surface area (Å²) in [4.78, 5) is 22.8. The van der Waals surface area contributed by atoms with Gasteiger partial charge in [0.2, 0.25) is 17.6 Å². The summed E-state index contributed by atoms with van der Waals surface area (Å²) in [6.07, 6.45) is 2.85. The van der Waals surface area contributed by atoms with Gasteiger partial charge in [-0.1, -0.05) is 39.3 Å². The number of aromatic nitrogens is 3. The Morgan fingerprint density at radius 2 is 2.16 bits per heavy atom. The van der Waals surface area contributed by atoms with Gasteiger partial charge in [0.05, 0.1) is 0 Å². The Morgan fingerprint density at radius 3 is 2.96 bits per heavy atom. The predicted molar refractivity (Wildman–Crippen MR) is 94.2 cm³/mol. The summed E-state index contributed by atoms with van der Waals surface area (Å²) in [6, 6.07) is 13.3. The van der Waals surface area contributed by atoms with Crippen LogP contribution in [0.4, 0.5) is 0 Å². The Kier molecular flexibility index (Phi) is 4.31. The van der Waals surface area contributed by atoms with Crippen LogP contribution in [0, 0.1) is 0 Å². The third kappa shape index (κ3) is 3.32. The molecule has 0 bridgehead atoms. The molecule has 1 aliphatic heterocycles. The zero-order chi connectivity index (χ0) is 17.2. The summed E-state index contributed by atoms with van der Waals surface area (Å²) in [5.74, 6) is 1.00. The first kappa shape index (κ1) is 16.0. The van der Waals surface area contributed by atoms with Crippen LogP contribution in [0.3, 0.4) is 0 Å². The van der Waals surface area contributed by atoms with Crippen molar-refractivity contribution in [1.82, 2.24) is 20.0 Å². The summed E-state index contributed by atoms with van der Waals surface area (Å²) in [5, 5.41) is 4.02. The molecule has 126 valence electrons. The standard InChI is InChI=1S/C18H15BrN4O2/c19-13-5-3-4-12(10-13)11-23-15(7-8-16(23)24)18-21-17(22-25-18)14-6-1-2-9-20-14/h1-6,9-10,15H,7-8,11H2. The molecule has 1 unspecified atom stereocenters. The number of rotatable bonds is 4. The summed E-state index contributed by atoms with van der Waals surface area (Å²) < 4.78 is 6.43. The highest BCUT2D eigenvalue weighted by Crippen LogP contribution is 2.34. The van der Waals surface area contributed by atoms with Crippen molar-refractivity contribution in [2.45, 2.75) is 25.4 Å². The lowest BCUT2D eigenvalue weighted by atomic mass is 10.2. The Morgan fingerprint density at radius 1 is 1.24 bits per heavy atom. The molecule has 0 aliphatic carbocycles. The number of hydrogen-bond acceptors (Lipinski definition) is 5. The highest BCUT2D eigenvalue weighted by atomic mass is 79.9. The normalized spacial score (nSPS) is 17.2. The molecule has 3 aromatic rings. The quantitative estimate of drug-likeness (QED) is 0.668. The van der Waals surface area contributed by atoms with Crippen molar-refractivity contribution in [1.29, 1.82) is 0 Å². The average molecular weight is 399 g/mol. The molecule has 6 nitrogen and oxygen atoms in total. The molecule has 1 aromatic carbocycles. The zero-order valence-electron chi connectivity index (χ0n) is 13.3. The van der Waals surface area contributed by atoms with Crippen LogP contribution in [0.5, 0.6) is 0 Å². The van der Waals surface area contributed by atoms with Gasteiger partial charge in [-0.2, -0.15) is 4.98 Å². The van der Waals surface area contributed by atoms with E-state index in [0.29, 0.717) is 36.8 Å². The maximum atomic E-state index is 12.3. The third-order valence-electron chi connectivity index (χ3n) is 4.19. The molecule has 4 rings (SSSR count). The van der Waals surface area contributed by atoms with Gasteiger partial charge in [0.1, 0.15) is 11.7 Å². The van der Waals surface area contributed by atoms with Crippen LogP contribution in [0.1, 0.15) is 30.3 Å². The maximum Gasteiger partial charge on any atom is 0.249 e. The van der Waals surface area contributed by atoms with Gasteiger partial charge >= 0.3 is 0 Å². The molecule has 7 heteroatoms. The summed E-state index contributed by atoms with van der Waals surface area (Å²) in [5.41, 5.74) is 1.71. The number of nitrogens with zero attached hydrogens (tertiary/aromatic N) is 4. The second-order valence-electron chi connectivity index (χ2n) is 5.88. The van der Waals surface area contributed by atoms with Gasteiger partial charge in [0.15, 0.2) is 0 Å². The van der Waals surface area contributed by atoms with Crippen molar-refractivity contribution >= 4 is 21.8 Å². The molecule has 1 atom stereocenters. The molecular formula is C18H15BrN4O2. The van der Waals surface area contributed by atoms with E-state index < -0.39 is 0 Å². The second-order valence-corrected chi connectivity index (χ2v) is 6.79. The number of likely N-dealkylation sites (tertiary alicyclic amines) is 1. The number of hydrogen-bond donors (Lipinski definition) is 0. The van der Waals surface area contributed by atoms with E-state index in [1.165, 1.54) is 0 Å². The highest BCUT2D eigenvalue weighted by molar-refractivity contribution is 9.10. The summed E-state index contributed by atoms with van der Waals surface area (Å²) in [6.45, 7) is 0.518. The minimum atomic E-state index is -0.198. The van der Waals surface area contributed by atoms with Crippen molar-refractivity contribution in [3.8, 4) is 11.5 Å². The Labute approximate surface area is 153 Å². The van der Waals surface area contributed by atoms with E-state index in [1.54, 1.807) is 11.1 Å². The summed E-state index contributed by atoms with van der Waals surface area (Å²) in [7, 11) is 0. The Balaban J connectivity index is 1.59. The first-order valence-electron chi connectivity index (χ1n) is 7.99. The van der Waals surface area contributed by atoms with Crippen molar-refractivity contribution in [3.63, 3.8) is 0 Å². The number of benzene rings is 1. The molecule has 1 aliphatic rings. The smallest absolute Gasteiger partial charge is 0.249 e. The number of amides is 1. The number of halogens is 1. The Hall–Kier alpha value is -2.54. The minimum Gasteiger partial charge on any atom is -0.337 e. The first-order valence-corrected chi connectivity index (χ1v) is 8.79. The molecule has 0 saturated carbocycles. The maximum absolute atomic E-state index is 12.3. The van der Waals surface area contributed by atoms with Crippen LogP contribution in [0.25, 0.3) is 11.5 Å². The number of carbonyl (C=O) groups is 1. The largest absolute Gasteiger partial charge is 0.337 e. The van der Waals surface area contributed by atoms with E-state index in [0.717, 1.165) is 10.0 Å². The first-order chi connectivity index (χ1) is 12.2. The van der Waals surface area contributed by atoms with Crippen LogP contribution >= 0.6 is 15.9 Å². The average Bonchev–Trinajstić information content (AvgIpc) is 3.24. The van der Waals surface area contributed by atoms with Crippen LogP contribution < -0.4 is 0 Å². The molecule has 25 heavy (non-hydrogen) atoms.